The zero-order valence-electron chi connectivity index (χ0n) is 19.7. The monoisotopic (exact) mass is 443 g/mol. The third kappa shape index (κ3) is 4.31. The van der Waals surface area contributed by atoms with Gasteiger partial charge in [0.25, 0.3) is 0 Å². The predicted octanol–water partition coefficient (Wildman–Crippen LogP) is 7.08. The van der Waals surface area contributed by atoms with Crippen LogP contribution in [0.15, 0.2) is 59.2 Å². The summed E-state index contributed by atoms with van der Waals surface area (Å²) in [5, 5.41) is 1.03. The fourth-order valence-corrected chi connectivity index (χ4v) is 5.72. The second-order valence-electron chi connectivity index (χ2n) is 9.41. The second kappa shape index (κ2) is 9.46. The van der Waals surface area contributed by atoms with Crippen molar-refractivity contribution in [3.8, 4) is 16.9 Å². The Kier molecular flexibility index (Phi) is 6.26. The standard InChI is InChI=1S/C29H33NO3/c1-3-32-27-18-28-24(25(19-33-28)21-10-5-4-6-11-21)17-23(27)20(2)16-29(31)30-15-9-13-22-12-7-8-14-26(22)30/h4-6,10-11,16-19,22,26H,3,7-9,12-15H2,1-2H3/b20-16+. The van der Waals surface area contributed by atoms with E-state index in [0.717, 1.165) is 58.4 Å². The number of allylic oxidation sites excluding steroid dienone is 1. The highest BCUT2D eigenvalue weighted by atomic mass is 16.5. The Bertz CT molecular complexity index is 1160. The maximum absolute atomic E-state index is 13.4. The van der Waals surface area contributed by atoms with Gasteiger partial charge < -0.3 is 14.1 Å². The molecule has 2 aliphatic rings. The van der Waals surface area contributed by atoms with Gasteiger partial charge in [0.2, 0.25) is 5.91 Å². The predicted molar refractivity (Wildman–Crippen MR) is 133 cm³/mol. The first kappa shape index (κ1) is 21.8. The topological polar surface area (TPSA) is 42.7 Å². The van der Waals surface area contributed by atoms with E-state index >= 15 is 0 Å². The van der Waals surface area contributed by atoms with Gasteiger partial charge in [0.15, 0.2) is 0 Å². The van der Waals surface area contributed by atoms with Crippen LogP contribution in [-0.4, -0.2) is 30.0 Å². The van der Waals surface area contributed by atoms with Crippen molar-refractivity contribution < 1.29 is 13.9 Å². The average molecular weight is 444 g/mol. The van der Waals surface area contributed by atoms with Gasteiger partial charge in [-0.05, 0) is 62.7 Å². The highest BCUT2D eigenvalue weighted by molar-refractivity contribution is 6.00. The van der Waals surface area contributed by atoms with Gasteiger partial charge in [0.1, 0.15) is 11.3 Å². The third-order valence-corrected chi connectivity index (χ3v) is 7.35. The molecule has 1 aliphatic heterocycles. The van der Waals surface area contributed by atoms with Crippen LogP contribution in [0.5, 0.6) is 5.75 Å². The van der Waals surface area contributed by atoms with Gasteiger partial charge in [-0.1, -0.05) is 43.2 Å². The molecule has 0 bridgehead atoms. The number of ether oxygens (including phenoxy) is 1. The number of carbonyl (C=O) groups is 1. The van der Waals surface area contributed by atoms with Crippen molar-refractivity contribution in [1.29, 1.82) is 0 Å². The van der Waals surface area contributed by atoms with E-state index in [4.69, 9.17) is 9.15 Å². The first-order valence-electron chi connectivity index (χ1n) is 12.4. The van der Waals surface area contributed by atoms with Crippen LogP contribution in [0.25, 0.3) is 27.7 Å². The summed E-state index contributed by atoms with van der Waals surface area (Å²) in [6.45, 7) is 5.43. The van der Waals surface area contributed by atoms with E-state index in [-0.39, 0.29) is 5.91 Å². The minimum absolute atomic E-state index is 0.141. The smallest absolute Gasteiger partial charge is 0.247 e. The van der Waals surface area contributed by atoms with Crippen LogP contribution >= 0.6 is 0 Å². The van der Waals surface area contributed by atoms with Crippen LogP contribution < -0.4 is 4.74 Å². The average Bonchev–Trinajstić information content (AvgIpc) is 3.26. The lowest BCUT2D eigenvalue weighted by molar-refractivity contribution is -0.132. The van der Waals surface area contributed by atoms with E-state index < -0.39 is 0 Å². The number of nitrogens with zero attached hydrogens (tertiary/aromatic N) is 1. The molecule has 1 aliphatic carbocycles. The molecule has 0 spiro atoms. The molecule has 172 valence electrons. The van der Waals surface area contributed by atoms with Gasteiger partial charge in [-0.2, -0.15) is 0 Å². The number of fused-ring (bicyclic) bond motifs is 2. The zero-order valence-corrected chi connectivity index (χ0v) is 19.7. The highest BCUT2D eigenvalue weighted by Crippen LogP contribution is 2.38. The molecule has 2 unspecified atom stereocenters. The number of hydrogen-bond donors (Lipinski definition) is 0. The maximum Gasteiger partial charge on any atom is 0.247 e. The maximum atomic E-state index is 13.4. The zero-order chi connectivity index (χ0) is 22.8. The minimum atomic E-state index is 0.141. The van der Waals surface area contributed by atoms with Crippen LogP contribution in [0.4, 0.5) is 0 Å². The molecule has 33 heavy (non-hydrogen) atoms. The van der Waals surface area contributed by atoms with Crippen molar-refractivity contribution in [2.75, 3.05) is 13.2 Å². The Morgan fingerprint density at radius 1 is 1.12 bits per heavy atom. The fraction of sp³-hybridized carbons (Fsp3) is 0.414. The SMILES string of the molecule is CCOc1cc2occ(-c3ccccc3)c2cc1/C(C)=C/C(=O)N1CCCC2CCCCC21. The van der Waals surface area contributed by atoms with Crippen molar-refractivity contribution in [2.24, 2.45) is 5.92 Å². The number of furan rings is 1. The van der Waals surface area contributed by atoms with Gasteiger partial charge in [0.05, 0.1) is 12.9 Å². The van der Waals surface area contributed by atoms with E-state index in [1.165, 1.54) is 25.7 Å². The Balaban J connectivity index is 1.51. The van der Waals surface area contributed by atoms with Crippen LogP contribution in [-0.2, 0) is 4.79 Å². The molecule has 1 saturated carbocycles. The summed E-state index contributed by atoms with van der Waals surface area (Å²) >= 11 is 0. The Morgan fingerprint density at radius 2 is 1.91 bits per heavy atom. The molecule has 1 aromatic heterocycles. The number of hydrogen-bond acceptors (Lipinski definition) is 3. The van der Waals surface area contributed by atoms with Crippen LogP contribution in [0.1, 0.15) is 57.9 Å². The molecule has 2 aromatic carbocycles. The molecule has 4 heteroatoms. The molecule has 1 saturated heterocycles. The summed E-state index contributed by atoms with van der Waals surface area (Å²) in [6, 6.07) is 14.7. The molecular weight excluding hydrogens is 410 g/mol. The molecule has 5 rings (SSSR count). The molecule has 2 atom stereocenters. The normalized spacial score (nSPS) is 21.2. The van der Waals surface area contributed by atoms with Gasteiger partial charge in [-0.15, -0.1) is 0 Å². The number of piperidine rings is 1. The van der Waals surface area contributed by atoms with Crippen molar-refractivity contribution >= 4 is 22.4 Å². The Morgan fingerprint density at radius 3 is 2.73 bits per heavy atom. The van der Waals surface area contributed by atoms with Gasteiger partial charge in [0, 0.05) is 41.2 Å². The first-order valence-corrected chi connectivity index (χ1v) is 12.4. The van der Waals surface area contributed by atoms with Crippen molar-refractivity contribution in [3.63, 3.8) is 0 Å². The number of benzene rings is 2. The summed E-state index contributed by atoms with van der Waals surface area (Å²) < 4.78 is 11.9. The van der Waals surface area contributed by atoms with E-state index in [0.29, 0.717) is 18.6 Å². The Labute approximate surface area is 196 Å². The van der Waals surface area contributed by atoms with Crippen molar-refractivity contribution in [2.45, 2.75) is 58.4 Å². The lowest BCUT2D eigenvalue weighted by Crippen LogP contribution is -2.49. The van der Waals surface area contributed by atoms with Crippen LogP contribution in [0, 0.1) is 5.92 Å². The summed E-state index contributed by atoms with van der Waals surface area (Å²) in [4.78, 5) is 15.5. The van der Waals surface area contributed by atoms with E-state index in [1.807, 2.05) is 44.2 Å². The van der Waals surface area contributed by atoms with Gasteiger partial charge in [-0.25, -0.2) is 0 Å². The number of likely N-dealkylation sites (tertiary alicyclic amines) is 1. The quantitative estimate of drug-likeness (QED) is 0.396. The first-order chi connectivity index (χ1) is 16.2. The summed E-state index contributed by atoms with van der Waals surface area (Å²) in [5.41, 5.74) is 4.84. The molecule has 3 aromatic rings. The largest absolute Gasteiger partial charge is 0.493 e. The summed E-state index contributed by atoms with van der Waals surface area (Å²) in [6.07, 6.45) is 11.0. The number of rotatable bonds is 5. The molecule has 2 fully saturated rings. The van der Waals surface area contributed by atoms with E-state index in [9.17, 15) is 4.79 Å². The van der Waals surface area contributed by atoms with Crippen LogP contribution in [0.2, 0.25) is 0 Å². The highest BCUT2D eigenvalue weighted by Gasteiger charge is 2.35. The molecule has 0 N–H and O–H groups in total. The lowest BCUT2D eigenvalue weighted by atomic mass is 9.78. The van der Waals surface area contributed by atoms with Crippen LogP contribution in [0.3, 0.4) is 0 Å². The lowest BCUT2D eigenvalue weighted by Gasteiger charge is -2.43. The number of carbonyl (C=O) groups excluding carboxylic acids is 1. The molecule has 1 amide bonds. The van der Waals surface area contributed by atoms with Gasteiger partial charge in [-0.3, -0.25) is 4.79 Å². The number of amides is 1. The summed E-state index contributed by atoms with van der Waals surface area (Å²) in [7, 11) is 0. The molecule has 4 nitrogen and oxygen atoms in total. The minimum Gasteiger partial charge on any atom is -0.493 e. The fourth-order valence-electron chi connectivity index (χ4n) is 5.72. The Hall–Kier alpha value is -3.01. The molecule has 2 heterocycles. The van der Waals surface area contributed by atoms with Crippen molar-refractivity contribution in [3.05, 3.63) is 60.4 Å². The van der Waals surface area contributed by atoms with E-state index in [1.54, 1.807) is 6.26 Å². The molecule has 0 radical (unpaired) electrons. The van der Waals surface area contributed by atoms with Gasteiger partial charge >= 0.3 is 0 Å². The molecular formula is C29H33NO3. The summed E-state index contributed by atoms with van der Waals surface area (Å²) in [5.74, 6) is 1.58. The second-order valence-corrected chi connectivity index (χ2v) is 9.41. The van der Waals surface area contributed by atoms with E-state index in [2.05, 4.69) is 23.1 Å². The van der Waals surface area contributed by atoms with Crippen molar-refractivity contribution in [1.82, 2.24) is 4.90 Å². The third-order valence-electron chi connectivity index (χ3n) is 7.35.